The van der Waals surface area contributed by atoms with Crippen molar-refractivity contribution in [2.24, 2.45) is 0 Å². The van der Waals surface area contributed by atoms with Gasteiger partial charge in [-0.2, -0.15) is 0 Å². The van der Waals surface area contributed by atoms with Crippen molar-refractivity contribution in [3.8, 4) is 0 Å². The van der Waals surface area contributed by atoms with Crippen molar-refractivity contribution in [3.05, 3.63) is 0 Å². The Bertz CT molecular complexity index is 116. The Morgan fingerprint density at radius 1 is 1.80 bits per heavy atom. The van der Waals surface area contributed by atoms with Crippen LogP contribution in [0.2, 0.25) is 0 Å². The van der Waals surface area contributed by atoms with Crippen molar-refractivity contribution in [1.82, 2.24) is 0 Å². The summed E-state index contributed by atoms with van der Waals surface area (Å²) in [6, 6.07) is 0. The van der Waals surface area contributed by atoms with Crippen LogP contribution in [0.1, 0.15) is 13.8 Å². The van der Waals surface area contributed by atoms with E-state index in [4.69, 9.17) is 13.6 Å². The molecule has 1 saturated heterocycles. The zero-order valence-corrected chi connectivity index (χ0v) is 7.16. The number of rotatable bonds is 2. The van der Waals surface area contributed by atoms with Crippen LogP contribution in [0.4, 0.5) is 0 Å². The Labute approximate surface area is 60.8 Å². The van der Waals surface area contributed by atoms with Crippen LogP contribution < -0.4 is 0 Å². The molecule has 1 N–H and O–H groups in total. The predicted molar refractivity (Wildman–Crippen MR) is 38.7 cm³/mol. The molecular formula is C5H13O4P. The molecule has 0 bridgehead atoms. The van der Waals surface area contributed by atoms with Crippen molar-refractivity contribution >= 4 is 8.17 Å². The van der Waals surface area contributed by atoms with Crippen LogP contribution in [-0.4, -0.2) is 24.2 Å². The summed E-state index contributed by atoms with van der Waals surface area (Å²) < 4.78 is 14.9. The van der Waals surface area contributed by atoms with Crippen LogP contribution in [-0.2, 0) is 13.6 Å². The van der Waals surface area contributed by atoms with Gasteiger partial charge >= 0.3 is 59.8 Å². The van der Waals surface area contributed by atoms with Gasteiger partial charge in [0.05, 0.1) is 0 Å². The monoisotopic (exact) mass is 168 g/mol. The van der Waals surface area contributed by atoms with Crippen LogP contribution in [0.3, 0.4) is 0 Å². The molecule has 0 radical (unpaired) electrons. The van der Waals surface area contributed by atoms with Gasteiger partial charge < -0.3 is 0 Å². The molecule has 0 spiro atoms. The fraction of sp³-hybridized carbons (Fsp3) is 1.00. The van der Waals surface area contributed by atoms with Crippen LogP contribution in [0, 0.1) is 0 Å². The minimum absolute atomic E-state index is 0.0387. The summed E-state index contributed by atoms with van der Waals surface area (Å²) >= 11 is 0. The molecule has 1 atom stereocenters. The van der Waals surface area contributed by atoms with Gasteiger partial charge in [0.1, 0.15) is 0 Å². The van der Waals surface area contributed by atoms with E-state index in [1.54, 1.807) is 6.92 Å². The molecule has 0 aromatic carbocycles. The third kappa shape index (κ3) is 1.87. The average Bonchev–Trinajstić information content (AvgIpc) is 2.12. The van der Waals surface area contributed by atoms with E-state index in [0.29, 0.717) is 13.2 Å². The topological polar surface area (TPSA) is 47.9 Å². The summed E-state index contributed by atoms with van der Waals surface area (Å²) in [6.45, 7) is 4.49. The first kappa shape index (κ1) is 8.37. The van der Waals surface area contributed by atoms with Gasteiger partial charge in [0, 0.05) is 0 Å². The first-order valence-corrected chi connectivity index (χ1v) is 5.01. The molecule has 1 rings (SSSR count). The van der Waals surface area contributed by atoms with Crippen molar-refractivity contribution < 1.29 is 18.5 Å². The zero-order valence-electron chi connectivity index (χ0n) is 6.16. The normalized spacial score (nSPS) is 34.1. The fourth-order valence-corrected chi connectivity index (χ4v) is 2.41. The number of hydrogen-bond acceptors (Lipinski definition) is 4. The molecule has 0 saturated carbocycles. The van der Waals surface area contributed by atoms with E-state index in [0.717, 1.165) is 0 Å². The van der Waals surface area contributed by atoms with Gasteiger partial charge in [-0.05, 0) is 0 Å². The van der Waals surface area contributed by atoms with Gasteiger partial charge in [-0.3, -0.25) is 0 Å². The van der Waals surface area contributed by atoms with Gasteiger partial charge in [-0.25, -0.2) is 0 Å². The van der Waals surface area contributed by atoms with E-state index >= 15 is 0 Å². The molecule has 0 aromatic rings. The molecule has 1 unspecified atom stereocenters. The average molecular weight is 168 g/mol. The summed E-state index contributed by atoms with van der Waals surface area (Å²) in [5, 5.41) is 0. The van der Waals surface area contributed by atoms with E-state index in [9.17, 15) is 4.89 Å². The molecule has 0 amide bonds. The Balaban J connectivity index is 2.38. The summed E-state index contributed by atoms with van der Waals surface area (Å²) in [5.74, 6) is 0. The fourth-order valence-electron chi connectivity index (χ4n) is 0.803. The molecule has 0 aromatic heterocycles. The molecule has 4 nitrogen and oxygen atoms in total. The Kier molecular flexibility index (Phi) is 2.61. The van der Waals surface area contributed by atoms with Crippen LogP contribution in [0.25, 0.3) is 0 Å². The zero-order chi connectivity index (χ0) is 7.61. The maximum absolute atomic E-state index is 9.33. The third-order valence-electron chi connectivity index (χ3n) is 1.18. The Morgan fingerprint density at radius 3 is 2.90 bits per heavy atom. The molecule has 1 aliphatic rings. The quantitative estimate of drug-likeness (QED) is 0.621. The van der Waals surface area contributed by atoms with Crippen molar-refractivity contribution in [1.29, 1.82) is 0 Å². The van der Waals surface area contributed by atoms with Crippen molar-refractivity contribution in [2.75, 3.05) is 13.2 Å². The molecule has 5 heteroatoms. The first-order valence-electron chi connectivity index (χ1n) is 3.34. The molecule has 1 heterocycles. The van der Waals surface area contributed by atoms with Gasteiger partial charge in [0.15, 0.2) is 0 Å². The van der Waals surface area contributed by atoms with Crippen LogP contribution in [0.5, 0.6) is 0 Å². The van der Waals surface area contributed by atoms with E-state index < -0.39 is 8.17 Å². The summed E-state index contributed by atoms with van der Waals surface area (Å²) in [5.41, 5.74) is 0. The third-order valence-corrected chi connectivity index (χ3v) is 3.06. The van der Waals surface area contributed by atoms with Gasteiger partial charge in [-0.15, -0.1) is 0 Å². The molecule has 62 valence electrons. The second-order valence-electron chi connectivity index (χ2n) is 2.20. The summed E-state index contributed by atoms with van der Waals surface area (Å²) in [4.78, 5) is 9.33. The second-order valence-corrected chi connectivity index (χ2v) is 4.06. The molecule has 1 fully saturated rings. The molecular weight excluding hydrogens is 155 g/mol. The SMILES string of the molecule is CCO[PH]1(O)OCC(C)O1. The van der Waals surface area contributed by atoms with Crippen molar-refractivity contribution in [2.45, 2.75) is 20.0 Å². The maximum atomic E-state index is 9.33. The molecule has 0 aliphatic carbocycles. The summed E-state index contributed by atoms with van der Waals surface area (Å²) in [6.07, 6.45) is -0.0387. The van der Waals surface area contributed by atoms with E-state index in [-0.39, 0.29) is 6.10 Å². The molecule has 10 heavy (non-hydrogen) atoms. The van der Waals surface area contributed by atoms with Crippen LogP contribution >= 0.6 is 8.17 Å². The van der Waals surface area contributed by atoms with E-state index in [1.807, 2.05) is 6.92 Å². The van der Waals surface area contributed by atoms with E-state index in [1.165, 1.54) is 0 Å². The number of hydrogen-bond donors (Lipinski definition) is 1. The first-order chi connectivity index (χ1) is 4.66. The Hall–Kier alpha value is 0.270. The molecule has 1 aliphatic heterocycles. The Morgan fingerprint density at radius 2 is 2.50 bits per heavy atom. The van der Waals surface area contributed by atoms with Crippen molar-refractivity contribution in [3.63, 3.8) is 0 Å². The van der Waals surface area contributed by atoms with Gasteiger partial charge in [0.2, 0.25) is 0 Å². The van der Waals surface area contributed by atoms with E-state index in [2.05, 4.69) is 0 Å². The summed E-state index contributed by atoms with van der Waals surface area (Å²) in [7, 11) is -3.15. The van der Waals surface area contributed by atoms with Gasteiger partial charge in [0.25, 0.3) is 0 Å². The second kappa shape index (κ2) is 3.11. The van der Waals surface area contributed by atoms with Crippen LogP contribution in [0.15, 0.2) is 0 Å². The standard InChI is InChI=1S/C5H13O4P/c1-3-7-10(6)8-4-5(2)9-10/h5-6,10H,3-4H2,1-2H3. The predicted octanol–water partition coefficient (Wildman–Crippen LogP) is 0.860. The minimum atomic E-state index is -3.15. The van der Waals surface area contributed by atoms with Gasteiger partial charge in [-0.1, -0.05) is 0 Å².